The van der Waals surface area contributed by atoms with E-state index in [-0.39, 0.29) is 5.54 Å². The van der Waals surface area contributed by atoms with Crippen LogP contribution in [-0.4, -0.2) is 63.4 Å². The van der Waals surface area contributed by atoms with E-state index in [9.17, 15) is 4.79 Å². The highest BCUT2D eigenvalue weighted by Gasteiger charge is 2.54. The van der Waals surface area contributed by atoms with Gasteiger partial charge < -0.3 is 25.5 Å². The van der Waals surface area contributed by atoms with E-state index in [0.717, 1.165) is 19.5 Å². The smallest absolute Gasteiger partial charge is 0.414 e. The van der Waals surface area contributed by atoms with E-state index in [2.05, 4.69) is 12.2 Å². The van der Waals surface area contributed by atoms with Crippen LogP contribution in [0.5, 0.6) is 0 Å². The van der Waals surface area contributed by atoms with E-state index in [4.69, 9.17) is 24.9 Å². The Morgan fingerprint density at radius 1 is 1.22 bits per heavy atom. The molecule has 8 nitrogen and oxygen atoms in total. The average Bonchev–Trinajstić information content (AvgIpc) is 2.77. The highest BCUT2D eigenvalue weighted by atomic mass is 16.4. The number of nitrogens with zero attached hydrogens (tertiary/aromatic N) is 1. The van der Waals surface area contributed by atoms with Gasteiger partial charge in [0.25, 0.3) is 0 Å². The monoisotopic (exact) mass is 260 g/mol. The molecule has 2 atom stereocenters. The van der Waals surface area contributed by atoms with Crippen LogP contribution in [-0.2, 0) is 9.59 Å². The number of rotatable bonds is 0. The van der Waals surface area contributed by atoms with Crippen LogP contribution < -0.4 is 5.32 Å². The van der Waals surface area contributed by atoms with Gasteiger partial charge in [-0.3, -0.25) is 0 Å². The molecule has 4 N–H and O–H groups in total. The van der Waals surface area contributed by atoms with Crippen molar-refractivity contribution < 1.29 is 29.7 Å². The molecule has 0 aromatic carbocycles. The SMILES string of the molecule is C[C@H]1CN(C(=O)O)[C@]12CCNC2.O=C(O)C(=O)O. The Balaban J connectivity index is 0.000000232. The molecule has 0 aliphatic carbocycles. The van der Waals surface area contributed by atoms with Crippen LogP contribution in [0.1, 0.15) is 13.3 Å². The van der Waals surface area contributed by atoms with Gasteiger partial charge in [0.05, 0.1) is 5.54 Å². The summed E-state index contributed by atoms with van der Waals surface area (Å²) in [5.41, 5.74) is -0.0637. The molecule has 0 unspecified atom stereocenters. The van der Waals surface area contributed by atoms with Gasteiger partial charge in [0.2, 0.25) is 0 Å². The summed E-state index contributed by atoms with van der Waals surface area (Å²) in [6, 6.07) is 0. The molecule has 18 heavy (non-hydrogen) atoms. The Labute approximate surface area is 103 Å². The lowest BCUT2D eigenvalue weighted by Crippen LogP contribution is -2.68. The third-order valence-corrected chi connectivity index (χ3v) is 3.49. The first-order chi connectivity index (χ1) is 8.31. The first-order valence-corrected chi connectivity index (χ1v) is 5.49. The fourth-order valence-electron chi connectivity index (χ4n) is 2.40. The predicted molar refractivity (Wildman–Crippen MR) is 59.4 cm³/mol. The van der Waals surface area contributed by atoms with E-state index in [1.54, 1.807) is 4.90 Å². The molecule has 8 heteroatoms. The summed E-state index contributed by atoms with van der Waals surface area (Å²) in [5, 5.41) is 26.9. The van der Waals surface area contributed by atoms with Crippen LogP contribution in [0, 0.1) is 5.92 Å². The van der Waals surface area contributed by atoms with E-state index < -0.39 is 18.0 Å². The number of aliphatic carboxylic acids is 2. The molecule has 0 bridgehead atoms. The maximum Gasteiger partial charge on any atom is 0.414 e. The molecule has 102 valence electrons. The number of carboxylic acids is 2. The van der Waals surface area contributed by atoms with Gasteiger partial charge in [0, 0.05) is 13.1 Å². The molecule has 0 saturated carbocycles. The summed E-state index contributed by atoms with van der Waals surface area (Å²) in [6.45, 7) is 4.62. The molecular formula is C10H16N2O6. The molecule has 2 heterocycles. The van der Waals surface area contributed by atoms with Crippen LogP contribution >= 0.6 is 0 Å². The quantitative estimate of drug-likeness (QED) is 0.432. The third kappa shape index (κ3) is 2.53. The van der Waals surface area contributed by atoms with Crippen molar-refractivity contribution in [1.82, 2.24) is 10.2 Å². The zero-order chi connectivity index (χ0) is 13.9. The van der Waals surface area contributed by atoms with Gasteiger partial charge in [-0.1, -0.05) is 6.92 Å². The molecule has 0 radical (unpaired) electrons. The lowest BCUT2D eigenvalue weighted by molar-refractivity contribution is -0.159. The second kappa shape index (κ2) is 5.21. The van der Waals surface area contributed by atoms with Gasteiger partial charge in [0.1, 0.15) is 0 Å². The molecule has 1 spiro atoms. The summed E-state index contributed by atoms with van der Waals surface area (Å²) in [6.07, 6.45) is 0.206. The molecule has 2 rings (SSSR count). The zero-order valence-electron chi connectivity index (χ0n) is 9.92. The minimum Gasteiger partial charge on any atom is -0.473 e. The second-order valence-corrected chi connectivity index (χ2v) is 4.43. The molecule has 0 aromatic heterocycles. The van der Waals surface area contributed by atoms with E-state index >= 15 is 0 Å². The van der Waals surface area contributed by atoms with Crippen LogP contribution in [0.4, 0.5) is 4.79 Å². The van der Waals surface area contributed by atoms with Crippen LogP contribution in [0.15, 0.2) is 0 Å². The number of hydrogen-bond acceptors (Lipinski definition) is 4. The third-order valence-electron chi connectivity index (χ3n) is 3.49. The molecular weight excluding hydrogens is 244 g/mol. The standard InChI is InChI=1S/C8H14N2O2.C2H2O4/c1-6-4-10(7(11)12)8(6)2-3-9-5-8;3-1(4)2(5)6/h6,9H,2-5H2,1H3,(H,11,12);(H,3,4)(H,5,6)/t6-,8-;/m0./s1. The maximum absolute atomic E-state index is 10.8. The van der Waals surface area contributed by atoms with E-state index in [0.29, 0.717) is 12.5 Å². The zero-order valence-corrected chi connectivity index (χ0v) is 9.92. The van der Waals surface area contributed by atoms with Gasteiger partial charge in [-0.05, 0) is 18.9 Å². The Morgan fingerprint density at radius 2 is 1.78 bits per heavy atom. The van der Waals surface area contributed by atoms with Crippen molar-refractivity contribution in [2.24, 2.45) is 5.92 Å². The Morgan fingerprint density at radius 3 is 2.06 bits per heavy atom. The van der Waals surface area contributed by atoms with Crippen LogP contribution in [0.2, 0.25) is 0 Å². The van der Waals surface area contributed by atoms with Crippen LogP contribution in [0.25, 0.3) is 0 Å². The number of likely N-dealkylation sites (tertiary alicyclic amines) is 1. The number of nitrogens with one attached hydrogen (secondary N) is 1. The number of amides is 1. The lowest BCUT2D eigenvalue weighted by atomic mass is 9.74. The largest absolute Gasteiger partial charge is 0.473 e. The Bertz CT molecular complexity index is 351. The van der Waals surface area contributed by atoms with E-state index in [1.165, 1.54) is 0 Å². The first-order valence-electron chi connectivity index (χ1n) is 5.49. The van der Waals surface area contributed by atoms with Crippen molar-refractivity contribution in [2.45, 2.75) is 18.9 Å². The number of carboxylic acid groups (broad SMARTS) is 3. The summed E-state index contributed by atoms with van der Waals surface area (Å²) >= 11 is 0. The topological polar surface area (TPSA) is 127 Å². The summed E-state index contributed by atoms with van der Waals surface area (Å²) in [7, 11) is 0. The predicted octanol–water partition coefficient (Wildman–Crippen LogP) is -0.496. The van der Waals surface area contributed by atoms with Gasteiger partial charge in [-0.2, -0.15) is 0 Å². The molecule has 2 saturated heterocycles. The van der Waals surface area contributed by atoms with Crippen molar-refractivity contribution in [3.8, 4) is 0 Å². The van der Waals surface area contributed by atoms with Crippen molar-refractivity contribution in [1.29, 1.82) is 0 Å². The van der Waals surface area contributed by atoms with Crippen molar-refractivity contribution >= 4 is 18.0 Å². The average molecular weight is 260 g/mol. The molecule has 2 aliphatic rings. The van der Waals surface area contributed by atoms with Crippen LogP contribution in [0.3, 0.4) is 0 Å². The summed E-state index contributed by atoms with van der Waals surface area (Å²) in [5.74, 6) is -3.13. The Hall–Kier alpha value is -1.83. The molecule has 2 fully saturated rings. The van der Waals surface area contributed by atoms with Gasteiger partial charge in [0.15, 0.2) is 0 Å². The second-order valence-electron chi connectivity index (χ2n) is 4.43. The molecule has 0 aromatic rings. The van der Waals surface area contributed by atoms with Crippen molar-refractivity contribution in [3.63, 3.8) is 0 Å². The highest BCUT2D eigenvalue weighted by Crippen LogP contribution is 2.40. The Kier molecular flexibility index (Phi) is 4.12. The summed E-state index contributed by atoms with van der Waals surface area (Å²) < 4.78 is 0. The molecule has 1 amide bonds. The maximum atomic E-state index is 10.8. The fraction of sp³-hybridized carbons (Fsp3) is 0.700. The minimum atomic E-state index is -1.82. The molecule has 2 aliphatic heterocycles. The van der Waals surface area contributed by atoms with Crippen molar-refractivity contribution in [2.75, 3.05) is 19.6 Å². The fourth-order valence-corrected chi connectivity index (χ4v) is 2.40. The minimum absolute atomic E-state index is 0.0637. The van der Waals surface area contributed by atoms with Gasteiger partial charge >= 0.3 is 18.0 Å². The normalized spacial score (nSPS) is 29.2. The van der Waals surface area contributed by atoms with Crippen molar-refractivity contribution in [3.05, 3.63) is 0 Å². The van der Waals surface area contributed by atoms with Gasteiger partial charge in [-0.15, -0.1) is 0 Å². The first kappa shape index (κ1) is 14.2. The van der Waals surface area contributed by atoms with Gasteiger partial charge in [-0.25, -0.2) is 14.4 Å². The highest BCUT2D eigenvalue weighted by molar-refractivity contribution is 6.27. The lowest BCUT2D eigenvalue weighted by Gasteiger charge is -2.54. The van der Waals surface area contributed by atoms with E-state index in [1.807, 2.05) is 0 Å². The number of carbonyl (C=O) groups is 3. The number of hydrogen-bond donors (Lipinski definition) is 4. The summed E-state index contributed by atoms with van der Waals surface area (Å²) in [4.78, 5) is 30.6.